The average Bonchev–Trinajstić information content (AvgIpc) is 2.46. The Morgan fingerprint density at radius 1 is 1.33 bits per heavy atom. The van der Waals surface area contributed by atoms with Crippen LogP contribution in [-0.2, 0) is 6.42 Å². The van der Waals surface area contributed by atoms with E-state index in [0.717, 1.165) is 12.0 Å². The monoisotopic (exact) mass is 160 g/mol. The van der Waals surface area contributed by atoms with Gasteiger partial charge < -0.3 is 4.42 Å². The van der Waals surface area contributed by atoms with Crippen molar-refractivity contribution in [3.05, 3.63) is 35.6 Å². The molecule has 0 saturated heterocycles. The number of hydrogen-bond acceptors (Lipinski definition) is 1. The number of fused-ring (bicyclic) bond motifs is 1. The van der Waals surface area contributed by atoms with E-state index in [-0.39, 0.29) is 0 Å². The smallest absolute Gasteiger partial charge is 0.134 e. The summed E-state index contributed by atoms with van der Waals surface area (Å²) in [6, 6.07) is 6.28. The molecule has 0 aliphatic heterocycles. The second kappa shape index (κ2) is 2.67. The maximum absolute atomic E-state index is 5.39. The van der Waals surface area contributed by atoms with Crippen molar-refractivity contribution in [2.45, 2.75) is 20.3 Å². The predicted octanol–water partition coefficient (Wildman–Crippen LogP) is 3.30. The van der Waals surface area contributed by atoms with Crippen LogP contribution in [0.25, 0.3) is 11.0 Å². The maximum Gasteiger partial charge on any atom is 0.134 e. The van der Waals surface area contributed by atoms with Crippen molar-refractivity contribution in [1.82, 2.24) is 0 Å². The van der Waals surface area contributed by atoms with Gasteiger partial charge in [0.2, 0.25) is 0 Å². The van der Waals surface area contributed by atoms with E-state index < -0.39 is 0 Å². The van der Waals surface area contributed by atoms with Crippen molar-refractivity contribution in [3.63, 3.8) is 0 Å². The summed E-state index contributed by atoms with van der Waals surface area (Å²) in [5.74, 6) is 0. The number of benzene rings is 1. The lowest BCUT2D eigenvalue weighted by Crippen LogP contribution is -1.76. The molecule has 0 aliphatic carbocycles. The summed E-state index contributed by atoms with van der Waals surface area (Å²) in [5, 5.41) is 1.26. The molecule has 0 atom stereocenters. The first kappa shape index (κ1) is 7.41. The lowest BCUT2D eigenvalue weighted by molar-refractivity contribution is 0.611. The molecule has 0 aliphatic rings. The highest BCUT2D eigenvalue weighted by atomic mass is 16.3. The van der Waals surface area contributed by atoms with Crippen LogP contribution in [0.15, 0.2) is 28.9 Å². The third-order valence-corrected chi connectivity index (χ3v) is 2.19. The Labute approximate surface area is 72.0 Å². The van der Waals surface area contributed by atoms with E-state index in [9.17, 15) is 0 Å². The van der Waals surface area contributed by atoms with Crippen LogP contribution in [0, 0.1) is 6.92 Å². The predicted molar refractivity (Wildman–Crippen MR) is 50.3 cm³/mol. The maximum atomic E-state index is 5.39. The first-order valence-electron chi connectivity index (χ1n) is 4.28. The lowest BCUT2D eigenvalue weighted by Gasteiger charge is -1.93. The molecule has 1 heteroatoms. The van der Waals surface area contributed by atoms with Crippen LogP contribution in [0.2, 0.25) is 0 Å². The van der Waals surface area contributed by atoms with Gasteiger partial charge in [-0.3, -0.25) is 0 Å². The molecule has 0 saturated carbocycles. The van der Waals surface area contributed by atoms with Crippen LogP contribution >= 0.6 is 0 Å². The number of aryl methyl sites for hydroxylation is 2. The van der Waals surface area contributed by atoms with E-state index in [0.29, 0.717) is 0 Å². The van der Waals surface area contributed by atoms with Crippen LogP contribution < -0.4 is 0 Å². The van der Waals surface area contributed by atoms with Gasteiger partial charge in [-0.15, -0.1) is 0 Å². The van der Waals surface area contributed by atoms with Crippen molar-refractivity contribution in [2.75, 3.05) is 0 Å². The molecule has 0 fully saturated rings. The number of rotatable bonds is 1. The normalized spacial score (nSPS) is 10.8. The third-order valence-electron chi connectivity index (χ3n) is 2.19. The van der Waals surface area contributed by atoms with Crippen molar-refractivity contribution >= 4 is 11.0 Å². The SMILES string of the molecule is CCc1coc2ccc(C)cc12. The molecule has 2 rings (SSSR count). The molecule has 1 aromatic heterocycles. The first-order chi connectivity index (χ1) is 5.81. The Morgan fingerprint density at radius 3 is 2.92 bits per heavy atom. The van der Waals surface area contributed by atoms with Crippen LogP contribution in [0.5, 0.6) is 0 Å². The summed E-state index contributed by atoms with van der Waals surface area (Å²) in [4.78, 5) is 0. The fourth-order valence-electron chi connectivity index (χ4n) is 1.47. The summed E-state index contributed by atoms with van der Waals surface area (Å²) in [6.45, 7) is 4.25. The van der Waals surface area contributed by atoms with Gasteiger partial charge in [-0.25, -0.2) is 0 Å². The molecular weight excluding hydrogens is 148 g/mol. The van der Waals surface area contributed by atoms with Gasteiger partial charge in [0.05, 0.1) is 6.26 Å². The Bertz CT molecular complexity index is 398. The van der Waals surface area contributed by atoms with Gasteiger partial charge in [0.1, 0.15) is 5.58 Å². The highest BCUT2D eigenvalue weighted by molar-refractivity contribution is 5.81. The van der Waals surface area contributed by atoms with Gasteiger partial charge in [0.15, 0.2) is 0 Å². The molecule has 1 nitrogen and oxygen atoms in total. The molecule has 0 bridgehead atoms. The van der Waals surface area contributed by atoms with E-state index >= 15 is 0 Å². The standard InChI is InChI=1S/C11H12O/c1-3-9-7-12-11-5-4-8(2)6-10(9)11/h4-7H,3H2,1-2H3. The molecule has 12 heavy (non-hydrogen) atoms. The summed E-state index contributed by atoms with van der Waals surface area (Å²) >= 11 is 0. The summed E-state index contributed by atoms with van der Waals surface area (Å²) in [6.07, 6.45) is 2.89. The van der Waals surface area contributed by atoms with Gasteiger partial charge in [-0.05, 0) is 31.0 Å². The molecule has 0 radical (unpaired) electrons. The fraction of sp³-hybridized carbons (Fsp3) is 0.273. The molecule has 0 spiro atoms. The van der Waals surface area contributed by atoms with Crippen molar-refractivity contribution in [1.29, 1.82) is 0 Å². The zero-order valence-electron chi connectivity index (χ0n) is 7.42. The van der Waals surface area contributed by atoms with Crippen LogP contribution in [0.1, 0.15) is 18.1 Å². The number of hydrogen-bond donors (Lipinski definition) is 0. The second-order valence-electron chi connectivity index (χ2n) is 3.11. The molecule has 1 heterocycles. The Balaban J connectivity index is 2.75. The zero-order valence-corrected chi connectivity index (χ0v) is 7.42. The van der Waals surface area contributed by atoms with Crippen LogP contribution in [-0.4, -0.2) is 0 Å². The van der Waals surface area contributed by atoms with E-state index in [2.05, 4.69) is 26.0 Å². The molecule has 0 unspecified atom stereocenters. The quantitative estimate of drug-likeness (QED) is 0.623. The fourth-order valence-corrected chi connectivity index (χ4v) is 1.47. The minimum atomic E-state index is 0.998. The van der Waals surface area contributed by atoms with Gasteiger partial charge >= 0.3 is 0 Å². The van der Waals surface area contributed by atoms with E-state index in [1.165, 1.54) is 16.5 Å². The summed E-state index contributed by atoms with van der Waals surface area (Å²) in [7, 11) is 0. The molecular formula is C11H12O. The Morgan fingerprint density at radius 2 is 2.17 bits per heavy atom. The first-order valence-corrected chi connectivity index (χ1v) is 4.28. The van der Waals surface area contributed by atoms with Gasteiger partial charge in [0, 0.05) is 5.39 Å². The molecule has 1 aromatic carbocycles. The summed E-state index contributed by atoms with van der Waals surface area (Å²) < 4.78 is 5.39. The highest BCUT2D eigenvalue weighted by Crippen LogP contribution is 2.22. The Kier molecular flexibility index (Phi) is 1.65. The van der Waals surface area contributed by atoms with Crippen molar-refractivity contribution < 1.29 is 4.42 Å². The van der Waals surface area contributed by atoms with Crippen molar-refractivity contribution in [2.24, 2.45) is 0 Å². The van der Waals surface area contributed by atoms with E-state index in [4.69, 9.17) is 4.42 Å². The minimum absolute atomic E-state index is 0.998. The zero-order chi connectivity index (χ0) is 8.55. The minimum Gasteiger partial charge on any atom is -0.464 e. The summed E-state index contributed by atoms with van der Waals surface area (Å²) in [5.41, 5.74) is 3.59. The second-order valence-corrected chi connectivity index (χ2v) is 3.11. The third kappa shape index (κ3) is 1.02. The van der Waals surface area contributed by atoms with Gasteiger partial charge in [0.25, 0.3) is 0 Å². The molecule has 0 N–H and O–H groups in total. The molecule has 62 valence electrons. The lowest BCUT2D eigenvalue weighted by atomic mass is 10.1. The largest absolute Gasteiger partial charge is 0.464 e. The van der Waals surface area contributed by atoms with Crippen LogP contribution in [0.3, 0.4) is 0 Å². The van der Waals surface area contributed by atoms with Crippen molar-refractivity contribution in [3.8, 4) is 0 Å². The molecule has 2 aromatic rings. The molecule has 0 amide bonds. The van der Waals surface area contributed by atoms with E-state index in [1.807, 2.05) is 12.3 Å². The van der Waals surface area contributed by atoms with E-state index in [1.54, 1.807) is 0 Å². The number of furan rings is 1. The van der Waals surface area contributed by atoms with Crippen LogP contribution in [0.4, 0.5) is 0 Å². The topological polar surface area (TPSA) is 13.1 Å². The van der Waals surface area contributed by atoms with Gasteiger partial charge in [-0.2, -0.15) is 0 Å². The average molecular weight is 160 g/mol. The Hall–Kier alpha value is -1.24. The highest BCUT2D eigenvalue weighted by Gasteiger charge is 2.02. The van der Waals surface area contributed by atoms with Gasteiger partial charge in [-0.1, -0.05) is 18.6 Å².